The third kappa shape index (κ3) is 7.53. The zero-order valence-electron chi connectivity index (χ0n) is 27.6. The van der Waals surface area contributed by atoms with Gasteiger partial charge >= 0.3 is 0 Å². The SMILES string of the molecule is COc1cc2c(cc1OC)CN(CCc1ccc(N(Cl)C(=O)c3cccc(/C=c4\[nH]c(=O)/c(=C/c5ccccc5)n(C)c4=O)c3)cc1)CC2. The number of methoxy groups -OCH3 is 2. The third-order valence-corrected chi connectivity index (χ3v) is 9.13. The van der Waals surface area contributed by atoms with Crippen LogP contribution >= 0.6 is 11.8 Å². The fraction of sp³-hybridized carbons (Fsp3) is 0.205. The first-order valence-electron chi connectivity index (χ1n) is 16.0. The summed E-state index contributed by atoms with van der Waals surface area (Å²) in [6.45, 7) is 2.70. The number of H-pyrrole nitrogens is 1. The van der Waals surface area contributed by atoms with Gasteiger partial charge in [0.15, 0.2) is 11.5 Å². The molecule has 0 bridgehead atoms. The Morgan fingerprint density at radius 2 is 1.57 bits per heavy atom. The maximum absolute atomic E-state index is 13.4. The molecule has 1 aliphatic heterocycles. The second-order valence-electron chi connectivity index (χ2n) is 11.9. The van der Waals surface area contributed by atoms with E-state index in [-0.39, 0.29) is 16.3 Å². The standard InChI is InChI=1S/C39H37ClN4O5/c1-42-34(22-27-8-5-4-6-9-27)37(45)41-33(39(42)47)21-28-10-7-11-30(20-28)38(46)44(40)32-14-12-26(13-15-32)16-18-43-19-17-29-23-35(48-2)36(49-3)24-31(29)25-43/h4-15,20-24H,16-19,25H2,1-3H3,(H,41,45)/b33-21-,34-22-. The number of rotatable bonds is 9. The van der Waals surface area contributed by atoms with Crippen molar-refractivity contribution >= 4 is 35.5 Å². The summed E-state index contributed by atoms with van der Waals surface area (Å²) >= 11 is 6.54. The van der Waals surface area contributed by atoms with Gasteiger partial charge in [-0.25, -0.2) is 4.42 Å². The van der Waals surface area contributed by atoms with E-state index in [1.165, 1.54) is 15.7 Å². The number of nitrogens with one attached hydrogen (secondary N) is 1. The summed E-state index contributed by atoms with van der Waals surface area (Å²) in [4.78, 5) is 44.5. The van der Waals surface area contributed by atoms with Gasteiger partial charge in [0.05, 0.1) is 19.9 Å². The van der Waals surface area contributed by atoms with Gasteiger partial charge in [-0.05, 0) is 89.2 Å². The van der Waals surface area contributed by atoms with Crippen LogP contribution in [0.4, 0.5) is 5.69 Å². The van der Waals surface area contributed by atoms with Crippen LogP contribution < -0.4 is 35.7 Å². The Kier molecular flexibility index (Phi) is 10.1. The number of amides is 1. The lowest BCUT2D eigenvalue weighted by Gasteiger charge is -2.29. The molecule has 1 aromatic heterocycles. The zero-order chi connectivity index (χ0) is 34.5. The number of anilines is 1. The Hall–Kier alpha value is -5.38. The molecule has 0 radical (unpaired) electrons. The van der Waals surface area contributed by atoms with Crippen LogP contribution in [0, 0.1) is 0 Å². The van der Waals surface area contributed by atoms with Crippen LogP contribution in [0.3, 0.4) is 0 Å². The van der Waals surface area contributed by atoms with E-state index in [1.54, 1.807) is 57.7 Å². The van der Waals surface area contributed by atoms with Gasteiger partial charge in [0.25, 0.3) is 17.0 Å². The van der Waals surface area contributed by atoms with E-state index < -0.39 is 11.5 Å². The molecule has 9 nitrogen and oxygen atoms in total. The molecule has 2 heterocycles. The van der Waals surface area contributed by atoms with Crippen molar-refractivity contribution in [3.8, 4) is 11.5 Å². The van der Waals surface area contributed by atoms with E-state index in [0.29, 0.717) is 16.8 Å². The molecule has 0 saturated carbocycles. The summed E-state index contributed by atoms with van der Waals surface area (Å²) in [5.74, 6) is 1.09. The highest BCUT2D eigenvalue weighted by atomic mass is 35.5. The summed E-state index contributed by atoms with van der Waals surface area (Å²) in [6.07, 6.45) is 5.01. The van der Waals surface area contributed by atoms with Crippen LogP contribution in [0.5, 0.6) is 11.5 Å². The van der Waals surface area contributed by atoms with Crippen molar-refractivity contribution in [3.05, 3.63) is 156 Å². The number of hydrogen-bond donors (Lipinski definition) is 1. The zero-order valence-corrected chi connectivity index (χ0v) is 28.4. The number of nitrogens with zero attached hydrogens (tertiary/aromatic N) is 3. The molecule has 1 aliphatic rings. The number of carbonyl (C=O) groups excluding carboxylic acids is 1. The first kappa shape index (κ1) is 33.5. The van der Waals surface area contributed by atoms with Crippen LogP contribution in [-0.2, 0) is 26.4 Å². The first-order chi connectivity index (χ1) is 23.7. The van der Waals surface area contributed by atoms with Crippen molar-refractivity contribution in [3.63, 3.8) is 0 Å². The smallest absolute Gasteiger partial charge is 0.274 e. The van der Waals surface area contributed by atoms with Gasteiger partial charge in [0, 0.05) is 44.0 Å². The molecule has 0 unspecified atom stereocenters. The maximum Gasteiger partial charge on any atom is 0.274 e. The number of halogens is 1. The van der Waals surface area contributed by atoms with Crippen molar-refractivity contribution in [1.82, 2.24) is 14.5 Å². The first-order valence-corrected chi connectivity index (χ1v) is 16.3. The number of aromatic nitrogens is 2. The van der Waals surface area contributed by atoms with Gasteiger partial charge < -0.3 is 19.0 Å². The van der Waals surface area contributed by atoms with Gasteiger partial charge in [-0.15, -0.1) is 0 Å². The minimum Gasteiger partial charge on any atom is -0.493 e. The van der Waals surface area contributed by atoms with Crippen molar-refractivity contribution in [2.45, 2.75) is 19.4 Å². The normalized spacial score (nSPS) is 13.6. The summed E-state index contributed by atoms with van der Waals surface area (Å²) in [5, 5.41) is 0.343. The molecule has 0 aliphatic carbocycles. The van der Waals surface area contributed by atoms with E-state index in [2.05, 4.69) is 22.0 Å². The van der Waals surface area contributed by atoms with Crippen molar-refractivity contribution < 1.29 is 14.3 Å². The number of fused-ring (bicyclic) bond motifs is 1. The fourth-order valence-corrected chi connectivity index (χ4v) is 6.23. The molecule has 0 fully saturated rings. The molecular formula is C39H37ClN4O5. The van der Waals surface area contributed by atoms with Crippen LogP contribution in [0.25, 0.3) is 12.2 Å². The number of hydrogen-bond acceptors (Lipinski definition) is 6. The summed E-state index contributed by atoms with van der Waals surface area (Å²) in [5.41, 5.74) is 5.16. The van der Waals surface area contributed by atoms with Crippen molar-refractivity contribution in [1.29, 1.82) is 0 Å². The minimum absolute atomic E-state index is 0.106. The molecule has 49 heavy (non-hydrogen) atoms. The lowest BCUT2D eigenvalue weighted by atomic mass is 9.98. The topological polar surface area (TPSA) is 96.9 Å². The lowest BCUT2D eigenvalue weighted by molar-refractivity contribution is 0.101. The average molecular weight is 677 g/mol. The Bertz CT molecular complexity index is 2230. The molecule has 0 atom stereocenters. The number of aromatic amines is 1. The number of carbonyl (C=O) groups is 1. The van der Waals surface area contributed by atoms with Crippen LogP contribution in [0.15, 0.2) is 101 Å². The van der Waals surface area contributed by atoms with Gasteiger partial charge in [-0.3, -0.25) is 19.3 Å². The summed E-state index contributed by atoms with van der Waals surface area (Å²) in [7, 11) is 4.87. The molecule has 6 rings (SSSR count). The molecule has 250 valence electrons. The van der Waals surface area contributed by atoms with E-state index in [4.69, 9.17) is 21.3 Å². The largest absolute Gasteiger partial charge is 0.493 e. The number of ether oxygens (including phenoxy) is 2. The molecule has 1 amide bonds. The van der Waals surface area contributed by atoms with Crippen LogP contribution in [-0.4, -0.2) is 47.7 Å². The maximum atomic E-state index is 13.4. The van der Waals surface area contributed by atoms with E-state index >= 15 is 0 Å². The monoisotopic (exact) mass is 676 g/mol. The molecule has 1 N–H and O–H groups in total. The minimum atomic E-state index is -0.419. The van der Waals surface area contributed by atoms with Gasteiger partial charge in [0.1, 0.15) is 10.7 Å². The Morgan fingerprint density at radius 1 is 0.878 bits per heavy atom. The molecule has 5 aromatic rings. The fourth-order valence-electron chi connectivity index (χ4n) is 6.02. The van der Waals surface area contributed by atoms with Crippen molar-refractivity contribution in [2.75, 3.05) is 31.7 Å². The summed E-state index contributed by atoms with van der Waals surface area (Å²) in [6, 6.07) is 27.8. The molecule has 0 saturated heterocycles. The second-order valence-corrected chi connectivity index (χ2v) is 12.3. The van der Waals surface area contributed by atoms with Gasteiger partial charge in [-0.1, -0.05) is 54.6 Å². The van der Waals surface area contributed by atoms with Gasteiger partial charge in [-0.2, -0.15) is 0 Å². The Labute approximate surface area is 289 Å². The quantitative estimate of drug-likeness (QED) is 0.236. The Morgan fingerprint density at radius 3 is 2.29 bits per heavy atom. The second kappa shape index (κ2) is 14.8. The molecule has 0 spiro atoms. The van der Waals surface area contributed by atoms with E-state index in [9.17, 15) is 14.4 Å². The molecule has 10 heteroatoms. The lowest BCUT2D eigenvalue weighted by Crippen LogP contribution is -2.52. The van der Waals surface area contributed by atoms with Crippen LogP contribution in [0.2, 0.25) is 0 Å². The predicted octanol–water partition coefficient (Wildman–Crippen LogP) is 4.15. The third-order valence-electron chi connectivity index (χ3n) is 8.78. The highest BCUT2D eigenvalue weighted by Crippen LogP contribution is 2.33. The van der Waals surface area contributed by atoms with E-state index in [1.807, 2.05) is 54.6 Å². The van der Waals surface area contributed by atoms with Crippen LogP contribution in [0.1, 0.15) is 38.2 Å². The summed E-state index contributed by atoms with van der Waals surface area (Å²) < 4.78 is 13.4. The van der Waals surface area contributed by atoms with Crippen molar-refractivity contribution in [2.24, 2.45) is 7.05 Å². The highest BCUT2D eigenvalue weighted by molar-refractivity contribution is 6.39. The molecule has 4 aromatic carbocycles. The van der Waals surface area contributed by atoms with Gasteiger partial charge in [0.2, 0.25) is 0 Å². The van der Waals surface area contributed by atoms with E-state index in [0.717, 1.165) is 59.5 Å². The molecular weight excluding hydrogens is 640 g/mol. The predicted molar refractivity (Wildman–Crippen MR) is 193 cm³/mol. The Balaban J connectivity index is 1.12. The average Bonchev–Trinajstić information content (AvgIpc) is 3.14. The highest BCUT2D eigenvalue weighted by Gasteiger charge is 2.20. The number of benzene rings is 4.